The Hall–Kier alpha value is -3.10. The van der Waals surface area contributed by atoms with Crippen LogP contribution < -0.4 is 25.3 Å². The first kappa shape index (κ1) is 30.9. The van der Waals surface area contributed by atoms with Crippen molar-refractivity contribution in [2.45, 2.75) is 57.8 Å². The number of halogens is 1. The molecule has 0 amide bonds. The number of piperidine rings is 1. The van der Waals surface area contributed by atoms with Gasteiger partial charge in [-0.15, -0.1) is 0 Å². The highest BCUT2D eigenvalue weighted by molar-refractivity contribution is 7.80. The lowest BCUT2D eigenvalue weighted by atomic mass is 9.69. The molecule has 2 N–H and O–H groups in total. The summed E-state index contributed by atoms with van der Waals surface area (Å²) in [5.41, 5.74) is 2.59. The van der Waals surface area contributed by atoms with Crippen LogP contribution >= 0.6 is 23.8 Å². The number of para-hydroxylation sites is 1. The second kappa shape index (κ2) is 13.9. The van der Waals surface area contributed by atoms with Gasteiger partial charge < -0.3 is 25.3 Å². The Labute approximate surface area is 273 Å². The number of piperazine rings is 1. The number of nitrogens with zero attached hydrogens (tertiary/aromatic N) is 5. The van der Waals surface area contributed by atoms with E-state index in [-0.39, 0.29) is 5.41 Å². The van der Waals surface area contributed by atoms with Crippen molar-refractivity contribution in [3.05, 3.63) is 71.2 Å². The van der Waals surface area contributed by atoms with E-state index in [9.17, 15) is 0 Å². The van der Waals surface area contributed by atoms with Gasteiger partial charge in [-0.2, -0.15) is 9.97 Å². The highest BCUT2D eigenvalue weighted by atomic mass is 35.5. The summed E-state index contributed by atoms with van der Waals surface area (Å²) in [6, 6.07) is 21.2. The molecule has 44 heavy (non-hydrogen) atoms. The maximum Gasteiger partial charge on any atom is 0.232 e. The second-order valence-corrected chi connectivity index (χ2v) is 14.1. The van der Waals surface area contributed by atoms with Crippen LogP contribution in [0.3, 0.4) is 0 Å². The van der Waals surface area contributed by atoms with Crippen LogP contribution in [0.2, 0.25) is 5.02 Å². The van der Waals surface area contributed by atoms with E-state index in [1.165, 1.54) is 36.9 Å². The van der Waals surface area contributed by atoms with E-state index in [0.29, 0.717) is 22.9 Å². The van der Waals surface area contributed by atoms with Gasteiger partial charge in [0.15, 0.2) is 5.11 Å². The van der Waals surface area contributed by atoms with Crippen molar-refractivity contribution >= 4 is 52.2 Å². The molecule has 0 bridgehead atoms. The third-order valence-corrected chi connectivity index (χ3v) is 10.2. The molecule has 3 aliphatic rings. The average molecular weight is 632 g/mol. The van der Waals surface area contributed by atoms with Crippen molar-refractivity contribution in [2.24, 2.45) is 11.8 Å². The molecule has 9 heteroatoms. The molecule has 3 heterocycles. The third-order valence-electron chi connectivity index (χ3n) is 9.68. The van der Waals surface area contributed by atoms with E-state index in [4.69, 9.17) is 33.8 Å². The molecular weight excluding hydrogens is 586 g/mol. The Morgan fingerprint density at radius 3 is 2.18 bits per heavy atom. The van der Waals surface area contributed by atoms with Gasteiger partial charge in [-0.05, 0) is 73.1 Å². The van der Waals surface area contributed by atoms with Crippen molar-refractivity contribution in [1.82, 2.24) is 15.3 Å². The number of thiocarbonyl (C=S) groups is 1. The summed E-state index contributed by atoms with van der Waals surface area (Å²) in [7, 11) is 0. The number of nitrogens with one attached hydrogen (secondary N) is 2. The van der Waals surface area contributed by atoms with Crippen LogP contribution in [0.1, 0.15) is 57.9 Å². The summed E-state index contributed by atoms with van der Waals surface area (Å²) < 4.78 is 0. The van der Waals surface area contributed by atoms with Crippen LogP contribution in [0.25, 0.3) is 0 Å². The minimum atomic E-state index is 0.0151. The van der Waals surface area contributed by atoms with Gasteiger partial charge in [0.25, 0.3) is 0 Å². The highest BCUT2D eigenvalue weighted by Gasteiger charge is 2.34. The molecular formula is C35H46ClN7S. The Morgan fingerprint density at radius 1 is 0.841 bits per heavy atom. The number of anilines is 4. The van der Waals surface area contributed by atoms with Crippen molar-refractivity contribution in [3.63, 3.8) is 0 Å². The predicted molar refractivity (Wildman–Crippen MR) is 188 cm³/mol. The summed E-state index contributed by atoms with van der Waals surface area (Å²) in [6.45, 7) is 11.2. The molecule has 1 aliphatic carbocycles. The summed E-state index contributed by atoms with van der Waals surface area (Å²) >= 11 is 12.3. The van der Waals surface area contributed by atoms with Gasteiger partial charge in [0.05, 0.1) is 0 Å². The van der Waals surface area contributed by atoms with Crippen LogP contribution in [0, 0.1) is 11.8 Å². The molecule has 1 saturated carbocycles. The van der Waals surface area contributed by atoms with Crippen molar-refractivity contribution in [2.75, 3.05) is 65.8 Å². The first-order valence-electron chi connectivity index (χ1n) is 16.4. The van der Waals surface area contributed by atoms with E-state index >= 15 is 0 Å². The first-order valence-corrected chi connectivity index (χ1v) is 17.2. The molecule has 3 fully saturated rings. The van der Waals surface area contributed by atoms with Gasteiger partial charge in [-0.25, -0.2) is 0 Å². The Bertz CT molecular complexity index is 1400. The monoisotopic (exact) mass is 631 g/mol. The van der Waals surface area contributed by atoms with Gasteiger partial charge in [0, 0.05) is 68.0 Å². The number of rotatable bonds is 7. The Morgan fingerprint density at radius 2 is 1.50 bits per heavy atom. The van der Waals surface area contributed by atoms with Crippen LogP contribution in [-0.2, 0) is 5.41 Å². The standard InChI is InChI=1S/C35H46ClN7S/c1-26-20-27(2)24-43(23-26)32-22-31(42-18-16-41(17-19-42)30-12-5-3-6-13-30)38-33(39-32)40-34(44)37-25-35(14-7-4-8-15-35)28-10-9-11-29(36)21-28/h3,5-6,9-13,21-22,26-27H,4,7-8,14-20,23-25H2,1-2H3,(H2,37,38,39,40,44)/t26-,27+. The van der Waals surface area contributed by atoms with Crippen LogP contribution in [0.5, 0.6) is 0 Å². The number of aromatic nitrogens is 2. The van der Waals surface area contributed by atoms with E-state index in [1.54, 1.807) is 0 Å². The minimum Gasteiger partial charge on any atom is -0.368 e. The summed E-state index contributed by atoms with van der Waals surface area (Å²) in [5.74, 6) is 3.76. The topological polar surface area (TPSA) is 59.6 Å². The van der Waals surface area contributed by atoms with Crippen LogP contribution in [-0.4, -0.2) is 60.9 Å². The van der Waals surface area contributed by atoms with E-state index in [1.807, 2.05) is 6.07 Å². The van der Waals surface area contributed by atoms with Crippen LogP contribution in [0.15, 0.2) is 60.7 Å². The summed E-state index contributed by atoms with van der Waals surface area (Å²) in [4.78, 5) is 17.3. The molecule has 2 aliphatic heterocycles. The predicted octanol–water partition coefficient (Wildman–Crippen LogP) is 7.13. The SMILES string of the molecule is C[C@@H]1C[C@H](C)CN(c2cc(N3CCN(c4ccccc4)CC3)nc(NC(=S)NCC3(c4cccc(Cl)c4)CCCCC3)n2)C1. The number of benzene rings is 2. The zero-order valence-electron chi connectivity index (χ0n) is 26.1. The molecule has 2 aromatic carbocycles. The molecule has 1 aromatic heterocycles. The Kier molecular flexibility index (Phi) is 9.77. The van der Waals surface area contributed by atoms with Crippen molar-refractivity contribution < 1.29 is 0 Å². The fraction of sp³-hybridized carbons (Fsp3) is 0.514. The minimum absolute atomic E-state index is 0.0151. The molecule has 0 spiro atoms. The smallest absolute Gasteiger partial charge is 0.232 e. The second-order valence-electron chi connectivity index (χ2n) is 13.2. The van der Waals surface area contributed by atoms with Crippen molar-refractivity contribution in [3.8, 4) is 0 Å². The maximum atomic E-state index is 6.43. The normalized spacial score (nSPS) is 22.0. The molecule has 2 atom stereocenters. The van der Waals surface area contributed by atoms with Gasteiger partial charge >= 0.3 is 0 Å². The molecule has 2 saturated heterocycles. The van der Waals surface area contributed by atoms with E-state index in [0.717, 1.165) is 75.3 Å². The van der Waals surface area contributed by atoms with E-state index < -0.39 is 0 Å². The quantitative estimate of drug-likeness (QED) is 0.267. The Balaban J connectivity index is 1.19. The molecule has 3 aromatic rings. The lowest BCUT2D eigenvalue weighted by molar-refractivity contribution is 0.292. The highest BCUT2D eigenvalue weighted by Crippen LogP contribution is 2.40. The molecule has 0 radical (unpaired) electrons. The molecule has 234 valence electrons. The summed E-state index contributed by atoms with van der Waals surface area (Å²) in [6.07, 6.45) is 7.21. The lowest BCUT2D eigenvalue weighted by Crippen LogP contribution is -2.47. The third kappa shape index (κ3) is 7.40. The fourth-order valence-corrected chi connectivity index (χ4v) is 7.85. The largest absolute Gasteiger partial charge is 0.368 e. The van der Waals surface area contributed by atoms with Crippen molar-refractivity contribution in [1.29, 1.82) is 0 Å². The van der Waals surface area contributed by atoms with Gasteiger partial charge in [-0.1, -0.05) is 75.0 Å². The molecule has 6 rings (SSSR count). The number of hydrogen-bond donors (Lipinski definition) is 2. The van der Waals surface area contributed by atoms with Gasteiger partial charge in [0.1, 0.15) is 11.6 Å². The lowest BCUT2D eigenvalue weighted by Gasteiger charge is -2.39. The average Bonchev–Trinajstić information content (AvgIpc) is 3.04. The first-order chi connectivity index (χ1) is 21.4. The van der Waals surface area contributed by atoms with E-state index in [2.05, 4.69) is 93.8 Å². The zero-order valence-corrected chi connectivity index (χ0v) is 27.7. The number of hydrogen-bond acceptors (Lipinski definition) is 6. The van der Waals surface area contributed by atoms with Gasteiger partial charge in [0.2, 0.25) is 5.95 Å². The fourth-order valence-electron chi connectivity index (χ4n) is 7.49. The zero-order chi connectivity index (χ0) is 30.5. The molecule has 7 nitrogen and oxygen atoms in total. The van der Waals surface area contributed by atoms with Gasteiger partial charge in [-0.3, -0.25) is 0 Å². The maximum absolute atomic E-state index is 6.43. The summed E-state index contributed by atoms with van der Waals surface area (Å²) in [5, 5.41) is 8.30. The van der Waals surface area contributed by atoms with Crippen LogP contribution in [0.4, 0.5) is 23.3 Å². The molecule has 0 unspecified atom stereocenters.